The molecule has 0 spiro atoms. The predicted octanol–water partition coefficient (Wildman–Crippen LogP) is 3.70. The molecule has 3 aromatic heterocycles. The molecule has 0 saturated carbocycles. The Bertz CT molecular complexity index is 1810. The number of anilines is 1. The van der Waals surface area contributed by atoms with E-state index in [1.807, 2.05) is 30.0 Å². The highest BCUT2D eigenvalue weighted by atomic mass is 32.2. The lowest BCUT2D eigenvalue weighted by molar-refractivity contribution is -0.137. The van der Waals surface area contributed by atoms with Gasteiger partial charge in [0.15, 0.2) is 5.65 Å². The van der Waals surface area contributed by atoms with Crippen LogP contribution in [0, 0.1) is 13.8 Å². The number of hydrogen-bond acceptors (Lipinski definition) is 8. The molecule has 0 bridgehead atoms. The summed E-state index contributed by atoms with van der Waals surface area (Å²) in [4.78, 5) is 18.6. The summed E-state index contributed by atoms with van der Waals surface area (Å²) in [5, 5.41) is 17.4. The van der Waals surface area contributed by atoms with Gasteiger partial charge in [0.2, 0.25) is 15.8 Å². The lowest BCUT2D eigenvalue weighted by Crippen LogP contribution is -2.50. The Kier molecular flexibility index (Phi) is 7.60. The second-order valence-corrected chi connectivity index (χ2v) is 12.7. The third-order valence-corrected chi connectivity index (χ3v) is 10.1. The molecule has 1 aromatic carbocycles. The number of morpholine rings is 1. The molecule has 226 valence electrons. The van der Waals surface area contributed by atoms with E-state index in [1.165, 1.54) is 14.9 Å². The van der Waals surface area contributed by atoms with E-state index in [2.05, 4.69) is 15.2 Å². The number of pyridine rings is 2. The van der Waals surface area contributed by atoms with Crippen molar-refractivity contribution < 1.29 is 31.8 Å². The first-order valence-corrected chi connectivity index (χ1v) is 15.2. The number of rotatable bonds is 7. The van der Waals surface area contributed by atoms with Gasteiger partial charge in [-0.3, -0.25) is 9.20 Å². The molecule has 1 fully saturated rings. The summed E-state index contributed by atoms with van der Waals surface area (Å²) in [6.45, 7) is 5.18. The zero-order valence-corrected chi connectivity index (χ0v) is 24.3. The minimum absolute atomic E-state index is 0.0560. The summed E-state index contributed by atoms with van der Waals surface area (Å²) in [5.41, 5.74) is 3.57. The van der Waals surface area contributed by atoms with Crippen LogP contribution in [-0.2, 0) is 26.1 Å². The van der Waals surface area contributed by atoms with Crippen LogP contribution < -0.4 is 4.90 Å². The number of carboxylic acid groups (broad SMARTS) is 1. The molecule has 5 heterocycles. The van der Waals surface area contributed by atoms with E-state index in [4.69, 9.17) is 4.74 Å². The minimum Gasteiger partial charge on any atom is -0.481 e. The molecule has 14 heteroatoms. The Morgan fingerprint density at radius 1 is 1.19 bits per heavy atom. The number of aryl methyl sites for hydroxylation is 2. The van der Waals surface area contributed by atoms with Gasteiger partial charge in [0, 0.05) is 37.9 Å². The summed E-state index contributed by atoms with van der Waals surface area (Å²) in [6, 6.07) is 10.1. The average molecular weight is 613 g/mol. The van der Waals surface area contributed by atoms with Crippen LogP contribution in [0.2, 0.25) is 0 Å². The Morgan fingerprint density at radius 3 is 2.77 bits per heavy atom. The molecule has 11 nitrogen and oxygen atoms in total. The number of aliphatic carboxylic acids is 1. The fraction of sp³-hybridized carbons (Fsp3) is 0.379. The summed E-state index contributed by atoms with van der Waals surface area (Å²) in [5.74, 6) is -1.77. The van der Waals surface area contributed by atoms with E-state index in [0.717, 1.165) is 5.56 Å². The van der Waals surface area contributed by atoms with Crippen molar-refractivity contribution in [2.75, 3.05) is 31.2 Å². The maximum atomic E-state index is 14.0. The maximum absolute atomic E-state index is 14.0. The standard InChI is InChI=1S/C29H30F2N6O5S/c1-17-5-6-19(23(13-25(38)39)22-7-9-37-27(18(22)2)33-34-29(37)26(30)31)12-20(17)14-35-15-21-16-42-11-10-36(21)28-24(43(35,40)41)4-3-8-32-28/h3-9,12,21,23,26H,10-11,13-16H2,1-2H3,(H,38,39)/t21-,23-/m1/s1. The second-order valence-electron chi connectivity index (χ2n) is 10.8. The van der Waals surface area contributed by atoms with Crippen LogP contribution in [0.5, 0.6) is 0 Å². The number of carboxylic acids is 1. The van der Waals surface area contributed by atoms with Crippen LogP contribution in [0.4, 0.5) is 14.6 Å². The van der Waals surface area contributed by atoms with Crippen LogP contribution in [0.15, 0.2) is 53.7 Å². The molecule has 2 atom stereocenters. The largest absolute Gasteiger partial charge is 0.481 e. The first-order chi connectivity index (χ1) is 20.6. The van der Waals surface area contributed by atoms with Crippen LogP contribution in [0.3, 0.4) is 0 Å². The van der Waals surface area contributed by atoms with Crippen molar-refractivity contribution >= 4 is 27.5 Å². The van der Waals surface area contributed by atoms with Crippen LogP contribution in [0.1, 0.15) is 52.4 Å². The number of nitrogens with zero attached hydrogens (tertiary/aromatic N) is 6. The summed E-state index contributed by atoms with van der Waals surface area (Å²) >= 11 is 0. The van der Waals surface area contributed by atoms with E-state index in [1.54, 1.807) is 31.3 Å². The highest BCUT2D eigenvalue weighted by molar-refractivity contribution is 7.89. The number of halogens is 2. The van der Waals surface area contributed by atoms with Gasteiger partial charge in [-0.15, -0.1) is 10.2 Å². The topological polar surface area (TPSA) is 130 Å². The van der Waals surface area contributed by atoms with Crippen molar-refractivity contribution in [2.45, 2.75) is 50.1 Å². The molecule has 1 saturated heterocycles. The van der Waals surface area contributed by atoms with Crippen molar-refractivity contribution in [3.8, 4) is 0 Å². The first kappa shape index (κ1) is 29.1. The number of fused-ring (bicyclic) bond motifs is 4. The Morgan fingerprint density at radius 2 is 2.00 bits per heavy atom. The number of benzene rings is 1. The van der Waals surface area contributed by atoms with Gasteiger partial charge in [-0.25, -0.2) is 22.2 Å². The quantitative estimate of drug-likeness (QED) is 0.332. The van der Waals surface area contributed by atoms with Gasteiger partial charge in [0.1, 0.15) is 10.7 Å². The van der Waals surface area contributed by atoms with Crippen molar-refractivity contribution in [2.24, 2.45) is 0 Å². The number of sulfonamides is 1. The molecule has 6 rings (SSSR count). The molecule has 1 N–H and O–H groups in total. The van der Waals surface area contributed by atoms with E-state index >= 15 is 0 Å². The molecule has 43 heavy (non-hydrogen) atoms. The van der Waals surface area contributed by atoms with Gasteiger partial charge in [-0.2, -0.15) is 4.31 Å². The van der Waals surface area contributed by atoms with Crippen LogP contribution in [0.25, 0.3) is 5.65 Å². The normalized spacial score (nSPS) is 19.2. The van der Waals surface area contributed by atoms with Gasteiger partial charge in [-0.1, -0.05) is 18.2 Å². The molecule has 2 aliphatic rings. The smallest absolute Gasteiger partial charge is 0.304 e. The van der Waals surface area contributed by atoms with Gasteiger partial charge < -0.3 is 14.7 Å². The number of ether oxygens (including phenoxy) is 1. The second kappa shape index (κ2) is 11.2. The van der Waals surface area contributed by atoms with Crippen molar-refractivity contribution in [1.29, 1.82) is 0 Å². The van der Waals surface area contributed by atoms with Crippen molar-refractivity contribution in [3.05, 3.63) is 82.4 Å². The number of carbonyl (C=O) groups is 1. The lowest BCUT2D eigenvalue weighted by atomic mass is 9.85. The van der Waals surface area contributed by atoms with E-state index in [9.17, 15) is 27.1 Å². The third kappa shape index (κ3) is 5.23. The average Bonchev–Trinajstić information content (AvgIpc) is 3.39. The Balaban J connectivity index is 1.40. The lowest BCUT2D eigenvalue weighted by Gasteiger charge is -2.36. The fourth-order valence-corrected chi connectivity index (χ4v) is 7.60. The molecule has 0 radical (unpaired) electrons. The van der Waals surface area contributed by atoms with Gasteiger partial charge >= 0.3 is 5.97 Å². The first-order valence-electron chi connectivity index (χ1n) is 13.8. The molecular formula is C29H30F2N6O5S. The molecule has 0 aliphatic carbocycles. The highest BCUT2D eigenvalue weighted by Gasteiger charge is 2.39. The Labute approximate surface area is 246 Å². The van der Waals surface area contributed by atoms with Gasteiger partial charge in [0.05, 0.1) is 25.7 Å². The van der Waals surface area contributed by atoms with Crippen molar-refractivity contribution in [3.63, 3.8) is 0 Å². The van der Waals surface area contributed by atoms with E-state index < -0.39 is 34.2 Å². The summed E-state index contributed by atoms with van der Waals surface area (Å²) in [7, 11) is -3.93. The van der Waals surface area contributed by atoms with Crippen molar-refractivity contribution in [1.82, 2.24) is 23.9 Å². The monoisotopic (exact) mass is 612 g/mol. The van der Waals surface area contributed by atoms with Gasteiger partial charge in [0.25, 0.3) is 6.43 Å². The molecule has 4 aromatic rings. The summed E-state index contributed by atoms with van der Waals surface area (Å²) in [6.07, 6.45) is -0.0823. The number of hydrogen-bond donors (Lipinski definition) is 1. The Hall–Kier alpha value is -4.01. The van der Waals surface area contributed by atoms with Gasteiger partial charge in [-0.05, 0) is 59.9 Å². The van der Waals surface area contributed by atoms with Crippen LogP contribution >= 0.6 is 0 Å². The third-order valence-electron chi connectivity index (χ3n) is 8.25. The van der Waals surface area contributed by atoms with E-state index in [0.29, 0.717) is 47.8 Å². The number of aromatic nitrogens is 4. The highest BCUT2D eigenvalue weighted by Crippen LogP contribution is 2.36. The van der Waals surface area contributed by atoms with Crippen LogP contribution in [-0.4, -0.2) is 75.7 Å². The molecule has 0 amide bonds. The molecule has 0 unspecified atom stereocenters. The molecular weight excluding hydrogens is 582 g/mol. The summed E-state index contributed by atoms with van der Waals surface area (Å²) < 4.78 is 63.1. The minimum atomic E-state index is -3.93. The molecule has 2 aliphatic heterocycles. The van der Waals surface area contributed by atoms with E-state index in [-0.39, 0.29) is 36.1 Å². The zero-order chi connectivity index (χ0) is 30.5. The number of alkyl halides is 2. The predicted molar refractivity (Wildman–Crippen MR) is 152 cm³/mol. The maximum Gasteiger partial charge on any atom is 0.304 e. The SMILES string of the molecule is Cc1ccc([C@@H](CC(=O)O)c2ccn3c(C(F)F)nnc3c2C)cc1CN1C[C@@H]2COCCN2c2ncccc2S1(=O)=O. The zero-order valence-electron chi connectivity index (χ0n) is 23.5. The fourth-order valence-electron chi connectivity index (χ4n) is 6.00.